The number of amides is 1. The Morgan fingerprint density at radius 1 is 1.22 bits per heavy atom. The van der Waals surface area contributed by atoms with Gasteiger partial charge in [0.05, 0.1) is 18.1 Å². The number of hydrogen-bond donors (Lipinski definition) is 1. The number of β-lactam (4-membered cyclic amide) rings is 1. The van der Waals surface area contributed by atoms with E-state index in [-0.39, 0.29) is 29.0 Å². The lowest BCUT2D eigenvalue weighted by Crippen LogP contribution is -2.62. The zero-order valence-electron chi connectivity index (χ0n) is 15.1. The molecule has 3 nitrogen and oxygen atoms in total. The van der Waals surface area contributed by atoms with Crippen LogP contribution >= 0.6 is 0 Å². The van der Waals surface area contributed by atoms with Crippen LogP contribution in [0.3, 0.4) is 0 Å². The van der Waals surface area contributed by atoms with Gasteiger partial charge in [0.2, 0.25) is 5.91 Å². The molecule has 3 atom stereocenters. The maximum Gasteiger partial charge on any atom is 0.228 e. The van der Waals surface area contributed by atoms with E-state index in [9.17, 15) is 4.79 Å². The van der Waals surface area contributed by atoms with Crippen molar-refractivity contribution in [2.75, 3.05) is 0 Å². The zero-order chi connectivity index (χ0) is 17.3. The van der Waals surface area contributed by atoms with E-state index in [1.807, 2.05) is 25.1 Å². The highest BCUT2D eigenvalue weighted by molar-refractivity contribution is 6.74. The number of nitrogens with one attached hydrogen (secondary N) is 1. The molecule has 4 heteroatoms. The van der Waals surface area contributed by atoms with Gasteiger partial charge in [-0.3, -0.25) is 4.79 Å². The van der Waals surface area contributed by atoms with E-state index < -0.39 is 8.32 Å². The van der Waals surface area contributed by atoms with Gasteiger partial charge in [-0.05, 0) is 30.6 Å². The normalized spacial score (nSPS) is 23.5. The van der Waals surface area contributed by atoms with Gasteiger partial charge in [-0.2, -0.15) is 0 Å². The van der Waals surface area contributed by atoms with Gasteiger partial charge in [0.15, 0.2) is 8.32 Å². The van der Waals surface area contributed by atoms with Crippen molar-refractivity contribution in [3.8, 4) is 0 Å². The van der Waals surface area contributed by atoms with E-state index >= 15 is 0 Å². The van der Waals surface area contributed by atoms with Crippen molar-refractivity contribution in [2.24, 2.45) is 5.92 Å². The molecule has 1 aromatic carbocycles. The van der Waals surface area contributed by atoms with Gasteiger partial charge < -0.3 is 9.74 Å². The van der Waals surface area contributed by atoms with Crippen molar-refractivity contribution in [2.45, 2.75) is 58.0 Å². The van der Waals surface area contributed by atoms with Crippen LogP contribution in [0.2, 0.25) is 18.1 Å². The summed E-state index contributed by atoms with van der Waals surface area (Å²) in [6.07, 6.45) is 4.08. The maximum atomic E-state index is 12.0. The largest absolute Gasteiger partial charge is 0.413 e. The molecule has 1 amide bonds. The lowest BCUT2D eigenvalue weighted by atomic mass is 9.85. The summed E-state index contributed by atoms with van der Waals surface area (Å²) in [4.78, 5) is 12.0. The molecule has 0 radical (unpaired) electrons. The minimum Gasteiger partial charge on any atom is -0.413 e. The van der Waals surface area contributed by atoms with Crippen LogP contribution in [0.1, 0.15) is 33.3 Å². The molecule has 23 heavy (non-hydrogen) atoms. The summed E-state index contributed by atoms with van der Waals surface area (Å²) >= 11 is 0. The summed E-state index contributed by atoms with van der Waals surface area (Å²) in [6, 6.07) is 10.2. The Balaban J connectivity index is 2.03. The summed E-state index contributed by atoms with van der Waals surface area (Å²) in [5, 5.41) is 3.13. The zero-order valence-corrected chi connectivity index (χ0v) is 16.1. The molecule has 126 valence electrons. The van der Waals surface area contributed by atoms with E-state index in [1.165, 1.54) is 0 Å². The molecular formula is C19H29NO2Si. The number of benzene rings is 1. The Hall–Kier alpha value is -1.39. The highest BCUT2D eigenvalue weighted by atomic mass is 28.4. The first-order valence-electron chi connectivity index (χ1n) is 8.33. The van der Waals surface area contributed by atoms with Gasteiger partial charge in [-0.25, -0.2) is 0 Å². The lowest BCUT2D eigenvalue weighted by molar-refractivity contribution is -0.137. The minimum atomic E-state index is -1.86. The van der Waals surface area contributed by atoms with Crippen LogP contribution in [0.25, 0.3) is 6.08 Å². The summed E-state index contributed by atoms with van der Waals surface area (Å²) in [5.74, 6) is 0.00279. The molecule has 1 saturated heterocycles. The fraction of sp³-hybridized carbons (Fsp3) is 0.526. The molecule has 1 aliphatic rings. The summed E-state index contributed by atoms with van der Waals surface area (Å²) in [5.41, 5.74) is 1.14. The molecule has 1 fully saturated rings. The van der Waals surface area contributed by atoms with Gasteiger partial charge in [0, 0.05) is 0 Å². The summed E-state index contributed by atoms with van der Waals surface area (Å²) in [7, 11) is -1.86. The smallest absolute Gasteiger partial charge is 0.228 e. The Morgan fingerprint density at radius 3 is 2.35 bits per heavy atom. The second kappa shape index (κ2) is 6.61. The molecular weight excluding hydrogens is 302 g/mol. The van der Waals surface area contributed by atoms with Gasteiger partial charge in [0.1, 0.15) is 0 Å². The van der Waals surface area contributed by atoms with Crippen LogP contribution in [0.4, 0.5) is 0 Å². The van der Waals surface area contributed by atoms with E-state index in [1.54, 1.807) is 0 Å². The number of carbonyl (C=O) groups is 1. The average molecular weight is 332 g/mol. The van der Waals surface area contributed by atoms with Crippen LogP contribution in [-0.2, 0) is 9.22 Å². The summed E-state index contributed by atoms with van der Waals surface area (Å²) < 4.78 is 6.40. The molecule has 1 heterocycles. The Morgan fingerprint density at radius 2 is 1.83 bits per heavy atom. The molecule has 0 unspecified atom stereocenters. The van der Waals surface area contributed by atoms with Gasteiger partial charge in [0.25, 0.3) is 0 Å². The van der Waals surface area contributed by atoms with Crippen molar-refractivity contribution in [3.63, 3.8) is 0 Å². The standard InChI is InChI=1S/C19H29NO2Si/c1-14(22-23(5,6)19(2,3)4)17-16(20-18(17)21)13-12-15-10-8-7-9-11-15/h7-14,16-17H,1-6H3,(H,20,21)/b13-12+/t14-,16+,17+/m0/s1. The molecule has 0 bridgehead atoms. The van der Waals surface area contributed by atoms with Crippen LogP contribution < -0.4 is 5.32 Å². The molecule has 1 aromatic rings. The third kappa shape index (κ3) is 4.12. The number of rotatable bonds is 5. The van der Waals surface area contributed by atoms with E-state index in [2.05, 4.69) is 63.5 Å². The van der Waals surface area contributed by atoms with Crippen molar-refractivity contribution in [3.05, 3.63) is 42.0 Å². The van der Waals surface area contributed by atoms with E-state index in [0.717, 1.165) is 5.56 Å². The van der Waals surface area contributed by atoms with E-state index in [0.29, 0.717) is 0 Å². The minimum absolute atomic E-state index is 0.0578. The number of carbonyl (C=O) groups excluding carboxylic acids is 1. The summed E-state index contributed by atoms with van der Waals surface area (Å²) in [6.45, 7) is 13.2. The third-order valence-corrected chi connectivity index (χ3v) is 9.66. The molecule has 1 aliphatic heterocycles. The maximum absolute atomic E-state index is 12.0. The fourth-order valence-electron chi connectivity index (χ4n) is 2.58. The van der Waals surface area contributed by atoms with Crippen molar-refractivity contribution in [1.82, 2.24) is 5.32 Å². The van der Waals surface area contributed by atoms with Crippen molar-refractivity contribution < 1.29 is 9.22 Å². The number of hydrogen-bond acceptors (Lipinski definition) is 2. The third-order valence-electron chi connectivity index (χ3n) is 5.09. The van der Waals surface area contributed by atoms with E-state index in [4.69, 9.17) is 4.43 Å². The van der Waals surface area contributed by atoms with Crippen LogP contribution in [0.15, 0.2) is 36.4 Å². The Labute approximate surface area is 141 Å². The second-order valence-corrected chi connectivity index (χ2v) is 12.7. The predicted octanol–water partition coefficient (Wildman–Crippen LogP) is 4.22. The monoisotopic (exact) mass is 331 g/mol. The highest BCUT2D eigenvalue weighted by Gasteiger charge is 2.46. The van der Waals surface area contributed by atoms with Crippen molar-refractivity contribution >= 4 is 20.3 Å². The van der Waals surface area contributed by atoms with Crippen LogP contribution in [-0.4, -0.2) is 26.4 Å². The topological polar surface area (TPSA) is 38.3 Å². The predicted molar refractivity (Wildman–Crippen MR) is 98.6 cm³/mol. The highest BCUT2D eigenvalue weighted by Crippen LogP contribution is 2.39. The van der Waals surface area contributed by atoms with Crippen molar-refractivity contribution in [1.29, 1.82) is 0 Å². The quantitative estimate of drug-likeness (QED) is 0.648. The first kappa shape index (κ1) is 18.0. The fourth-order valence-corrected chi connectivity index (χ4v) is 4.01. The molecule has 0 aromatic heterocycles. The SMILES string of the molecule is C[C@H](O[Si](C)(C)C(C)(C)C)[C@H]1C(=O)N[C@@H]1/C=C/c1ccccc1. The average Bonchev–Trinajstić information content (AvgIpc) is 2.42. The molecule has 2 rings (SSSR count). The van der Waals surface area contributed by atoms with Crippen LogP contribution in [0.5, 0.6) is 0 Å². The van der Waals surface area contributed by atoms with Gasteiger partial charge >= 0.3 is 0 Å². The Bertz CT molecular complexity index is 575. The molecule has 0 spiro atoms. The van der Waals surface area contributed by atoms with Crippen LogP contribution in [0, 0.1) is 5.92 Å². The lowest BCUT2D eigenvalue weighted by Gasteiger charge is -2.44. The Kier molecular flexibility index (Phi) is 5.16. The molecule has 0 aliphatic carbocycles. The first-order chi connectivity index (χ1) is 10.6. The second-order valence-electron chi connectivity index (χ2n) is 7.91. The molecule has 0 saturated carbocycles. The first-order valence-corrected chi connectivity index (χ1v) is 11.2. The van der Waals surface area contributed by atoms with Gasteiger partial charge in [-0.15, -0.1) is 0 Å². The molecule has 1 N–H and O–H groups in total. The van der Waals surface area contributed by atoms with Gasteiger partial charge in [-0.1, -0.05) is 63.3 Å².